The lowest BCUT2D eigenvalue weighted by Crippen LogP contribution is -3.19. The number of carbonyl (C=O) groups is 1. The Morgan fingerprint density at radius 2 is 1.88 bits per heavy atom. The number of benzene rings is 2. The molecule has 1 heterocycles. The number of nitrogens with zero attached hydrogens (tertiary/aromatic N) is 1. The van der Waals surface area contributed by atoms with Crippen LogP contribution in [0.4, 0.5) is 11.4 Å². The molecule has 2 aromatic rings. The third-order valence-electron chi connectivity index (χ3n) is 4.82. The molecule has 5 nitrogen and oxygen atoms in total. The average Bonchev–Trinajstić information content (AvgIpc) is 2.64. The predicted molar refractivity (Wildman–Crippen MR) is 106 cm³/mol. The Morgan fingerprint density at radius 1 is 1.19 bits per heavy atom. The van der Waals surface area contributed by atoms with Gasteiger partial charge in [-0.25, -0.2) is 0 Å². The molecule has 0 bridgehead atoms. The zero-order valence-corrected chi connectivity index (χ0v) is 16.0. The third-order valence-corrected chi connectivity index (χ3v) is 5.37. The van der Waals surface area contributed by atoms with Crippen LogP contribution >= 0.6 is 23.2 Å². The molecule has 1 aliphatic rings. The van der Waals surface area contributed by atoms with Crippen molar-refractivity contribution in [2.45, 2.75) is 13.0 Å². The summed E-state index contributed by atoms with van der Waals surface area (Å²) in [5, 5.41) is 13.8. The molecule has 3 rings (SSSR count). The molecule has 1 atom stereocenters. The SMILES string of the molecule is C[C@H](C(=O)Nc1ccc(Cl)cc1Cl)[NH+]1CCN(c2ccccc2O)CC1. The molecule has 138 valence electrons. The molecular weight excluding hydrogens is 373 g/mol. The lowest BCUT2D eigenvalue weighted by Gasteiger charge is -2.36. The highest BCUT2D eigenvalue weighted by molar-refractivity contribution is 6.36. The van der Waals surface area contributed by atoms with Gasteiger partial charge >= 0.3 is 0 Å². The molecule has 1 aliphatic heterocycles. The number of aromatic hydroxyl groups is 1. The van der Waals surface area contributed by atoms with Crippen LogP contribution in [0.2, 0.25) is 10.0 Å². The van der Waals surface area contributed by atoms with Crippen molar-refractivity contribution in [2.24, 2.45) is 0 Å². The monoisotopic (exact) mass is 394 g/mol. The zero-order chi connectivity index (χ0) is 18.7. The number of rotatable bonds is 4. The third kappa shape index (κ3) is 4.23. The Balaban J connectivity index is 1.58. The topological polar surface area (TPSA) is 57.0 Å². The summed E-state index contributed by atoms with van der Waals surface area (Å²) in [6.07, 6.45) is 0. The van der Waals surface area contributed by atoms with Crippen molar-refractivity contribution in [2.75, 3.05) is 36.4 Å². The molecule has 0 saturated carbocycles. The van der Waals surface area contributed by atoms with Gasteiger partial charge in [-0.1, -0.05) is 35.3 Å². The summed E-state index contributed by atoms with van der Waals surface area (Å²) in [6.45, 7) is 5.12. The Bertz CT molecular complexity index is 792. The highest BCUT2D eigenvalue weighted by atomic mass is 35.5. The Hall–Kier alpha value is -1.95. The molecule has 0 radical (unpaired) electrons. The average molecular weight is 395 g/mol. The minimum atomic E-state index is -0.201. The maximum Gasteiger partial charge on any atom is 0.282 e. The van der Waals surface area contributed by atoms with Gasteiger partial charge in [-0.15, -0.1) is 0 Å². The molecule has 2 aromatic carbocycles. The lowest BCUT2D eigenvalue weighted by atomic mass is 10.2. The second-order valence-electron chi connectivity index (χ2n) is 6.47. The molecular formula is C19H22Cl2N3O2+. The molecule has 7 heteroatoms. The number of piperazine rings is 1. The number of hydrogen-bond acceptors (Lipinski definition) is 3. The quantitative estimate of drug-likeness (QED) is 0.746. The number of amides is 1. The van der Waals surface area contributed by atoms with Gasteiger partial charge in [0, 0.05) is 5.02 Å². The number of halogens is 2. The number of carbonyl (C=O) groups excluding carboxylic acids is 1. The van der Waals surface area contributed by atoms with Crippen molar-refractivity contribution in [1.29, 1.82) is 0 Å². The summed E-state index contributed by atoms with van der Waals surface area (Å²) in [5.74, 6) is 0.222. The van der Waals surface area contributed by atoms with E-state index in [2.05, 4.69) is 10.2 Å². The number of para-hydroxylation sites is 2. The minimum absolute atomic E-state index is 0.0692. The summed E-state index contributed by atoms with van der Waals surface area (Å²) in [7, 11) is 0. The zero-order valence-electron chi connectivity index (χ0n) is 14.5. The van der Waals surface area contributed by atoms with Gasteiger partial charge in [0.25, 0.3) is 5.91 Å². The van der Waals surface area contributed by atoms with E-state index in [9.17, 15) is 9.90 Å². The lowest BCUT2D eigenvalue weighted by molar-refractivity contribution is -0.914. The molecule has 0 aliphatic carbocycles. The van der Waals surface area contributed by atoms with Crippen LogP contribution < -0.4 is 15.1 Å². The fourth-order valence-electron chi connectivity index (χ4n) is 3.22. The first kappa shape index (κ1) is 18.8. The smallest absolute Gasteiger partial charge is 0.282 e. The normalized spacial score (nSPS) is 16.3. The van der Waals surface area contributed by atoms with Crippen LogP contribution in [0.3, 0.4) is 0 Å². The molecule has 1 amide bonds. The van der Waals surface area contributed by atoms with E-state index in [0.29, 0.717) is 21.5 Å². The summed E-state index contributed by atoms with van der Waals surface area (Å²) < 4.78 is 0. The van der Waals surface area contributed by atoms with Gasteiger partial charge in [0.2, 0.25) is 0 Å². The number of hydrogen-bond donors (Lipinski definition) is 3. The van der Waals surface area contributed by atoms with E-state index < -0.39 is 0 Å². The van der Waals surface area contributed by atoms with Crippen LogP contribution in [0.1, 0.15) is 6.92 Å². The Kier molecular flexibility index (Phi) is 5.91. The number of anilines is 2. The highest BCUT2D eigenvalue weighted by Crippen LogP contribution is 2.26. The first-order chi connectivity index (χ1) is 12.5. The number of quaternary nitrogens is 1. The second-order valence-corrected chi connectivity index (χ2v) is 7.31. The maximum atomic E-state index is 12.6. The molecule has 3 N–H and O–H groups in total. The van der Waals surface area contributed by atoms with Crippen molar-refractivity contribution in [3.8, 4) is 5.75 Å². The van der Waals surface area contributed by atoms with Gasteiger partial charge in [0.15, 0.2) is 6.04 Å². The van der Waals surface area contributed by atoms with Crippen LogP contribution in [0, 0.1) is 0 Å². The van der Waals surface area contributed by atoms with Gasteiger partial charge < -0.3 is 20.2 Å². The number of phenols is 1. The van der Waals surface area contributed by atoms with Crippen molar-refractivity contribution < 1.29 is 14.8 Å². The van der Waals surface area contributed by atoms with Crippen LogP contribution in [0.25, 0.3) is 0 Å². The molecule has 0 aromatic heterocycles. The largest absolute Gasteiger partial charge is 0.506 e. The van der Waals surface area contributed by atoms with Crippen LogP contribution in [-0.4, -0.2) is 43.2 Å². The Morgan fingerprint density at radius 3 is 2.54 bits per heavy atom. The molecule has 0 spiro atoms. The minimum Gasteiger partial charge on any atom is -0.506 e. The maximum absolute atomic E-state index is 12.6. The first-order valence-corrected chi connectivity index (χ1v) is 9.34. The standard InChI is InChI=1S/C19H21Cl2N3O2/c1-13(19(26)22-16-7-6-14(20)12-15(16)21)23-8-10-24(11-9-23)17-4-2-3-5-18(17)25/h2-7,12-13,25H,8-11H2,1H3,(H,22,26)/p+1/t13-/m1/s1. The Labute approximate surface area is 163 Å². The summed E-state index contributed by atoms with van der Waals surface area (Å²) >= 11 is 12.0. The predicted octanol–water partition coefficient (Wildman–Crippen LogP) is 2.43. The van der Waals surface area contributed by atoms with E-state index in [0.717, 1.165) is 31.9 Å². The fourth-order valence-corrected chi connectivity index (χ4v) is 3.67. The number of phenolic OH excluding ortho intramolecular Hbond substituents is 1. The van der Waals surface area contributed by atoms with Crippen molar-refractivity contribution >= 4 is 40.5 Å². The second kappa shape index (κ2) is 8.16. The van der Waals surface area contributed by atoms with Crippen LogP contribution in [0.15, 0.2) is 42.5 Å². The summed E-state index contributed by atoms with van der Waals surface area (Å²) in [4.78, 5) is 15.9. The molecule has 26 heavy (non-hydrogen) atoms. The van der Waals surface area contributed by atoms with Gasteiger partial charge in [0.05, 0.1) is 42.6 Å². The van der Waals surface area contributed by atoms with Crippen molar-refractivity contribution in [3.63, 3.8) is 0 Å². The van der Waals surface area contributed by atoms with Gasteiger partial charge in [-0.3, -0.25) is 4.79 Å². The molecule has 1 saturated heterocycles. The van der Waals surface area contributed by atoms with Crippen LogP contribution in [0.5, 0.6) is 5.75 Å². The fraction of sp³-hybridized carbons (Fsp3) is 0.316. The van der Waals surface area contributed by atoms with E-state index in [-0.39, 0.29) is 11.9 Å². The molecule has 0 unspecified atom stereocenters. The van der Waals surface area contributed by atoms with Gasteiger partial charge in [0.1, 0.15) is 5.75 Å². The van der Waals surface area contributed by atoms with E-state index >= 15 is 0 Å². The van der Waals surface area contributed by atoms with Gasteiger partial charge in [-0.2, -0.15) is 0 Å². The summed E-state index contributed by atoms with van der Waals surface area (Å²) in [6, 6.07) is 12.2. The highest BCUT2D eigenvalue weighted by Gasteiger charge is 2.30. The first-order valence-electron chi connectivity index (χ1n) is 8.59. The van der Waals surface area contributed by atoms with Gasteiger partial charge in [-0.05, 0) is 37.3 Å². The van der Waals surface area contributed by atoms with E-state index in [1.807, 2.05) is 25.1 Å². The number of nitrogens with one attached hydrogen (secondary N) is 2. The van der Waals surface area contributed by atoms with E-state index in [1.54, 1.807) is 24.3 Å². The van der Waals surface area contributed by atoms with E-state index in [1.165, 1.54) is 4.90 Å². The van der Waals surface area contributed by atoms with E-state index in [4.69, 9.17) is 23.2 Å². The van der Waals surface area contributed by atoms with Crippen molar-refractivity contribution in [3.05, 3.63) is 52.5 Å². The summed E-state index contributed by atoms with van der Waals surface area (Å²) in [5.41, 5.74) is 1.41. The molecule has 1 fully saturated rings. The van der Waals surface area contributed by atoms with Crippen molar-refractivity contribution in [1.82, 2.24) is 0 Å². The van der Waals surface area contributed by atoms with Crippen LogP contribution in [-0.2, 0) is 4.79 Å².